The molecule has 2 bridgehead atoms. The van der Waals surface area contributed by atoms with Gasteiger partial charge in [-0.3, -0.25) is 14.4 Å². The number of aliphatic hydroxyl groups is 1. The monoisotopic (exact) mass is 323 g/mol. The number of hydrogen-bond acceptors (Lipinski definition) is 6. The van der Waals surface area contributed by atoms with Gasteiger partial charge < -0.3 is 15.2 Å². The summed E-state index contributed by atoms with van der Waals surface area (Å²) in [5.41, 5.74) is 0.594. The molecule has 3 aliphatic rings. The molecular formula is C15H25N5O3. The fourth-order valence-electron chi connectivity index (χ4n) is 3.75. The van der Waals surface area contributed by atoms with E-state index >= 15 is 0 Å². The van der Waals surface area contributed by atoms with Crippen LogP contribution in [-0.4, -0.2) is 70.3 Å². The second kappa shape index (κ2) is 7.37. The summed E-state index contributed by atoms with van der Waals surface area (Å²) in [7, 11) is 1.64. The molecule has 0 saturated carbocycles. The predicted molar refractivity (Wildman–Crippen MR) is 82.4 cm³/mol. The number of piperidine rings is 3. The van der Waals surface area contributed by atoms with Crippen molar-refractivity contribution in [2.75, 3.05) is 33.4 Å². The molecule has 4 atom stereocenters. The van der Waals surface area contributed by atoms with Gasteiger partial charge in [-0.15, -0.1) is 5.10 Å². The SMILES string of the molecule is COCCNC(=O)C1CN2CCC1CC2Cn1cc(CO)nn1. The van der Waals surface area contributed by atoms with Crippen molar-refractivity contribution in [3.8, 4) is 0 Å². The Morgan fingerprint density at radius 2 is 2.43 bits per heavy atom. The second-order valence-electron chi connectivity index (χ2n) is 6.41. The smallest absolute Gasteiger partial charge is 0.224 e. The predicted octanol–water partition coefficient (Wildman–Crippen LogP) is -0.757. The third-order valence-electron chi connectivity index (χ3n) is 4.97. The fraction of sp³-hybridized carbons (Fsp3) is 0.800. The van der Waals surface area contributed by atoms with Gasteiger partial charge in [0, 0.05) is 26.2 Å². The molecule has 0 radical (unpaired) electrons. The molecule has 1 aromatic rings. The highest BCUT2D eigenvalue weighted by Crippen LogP contribution is 2.36. The van der Waals surface area contributed by atoms with Crippen molar-refractivity contribution in [2.45, 2.75) is 32.0 Å². The number of hydrogen-bond donors (Lipinski definition) is 2. The first kappa shape index (κ1) is 16.4. The van der Waals surface area contributed by atoms with Crippen LogP contribution in [0.4, 0.5) is 0 Å². The van der Waals surface area contributed by atoms with Gasteiger partial charge in [0.25, 0.3) is 0 Å². The Kier molecular flexibility index (Phi) is 5.24. The highest BCUT2D eigenvalue weighted by atomic mass is 16.5. The summed E-state index contributed by atoms with van der Waals surface area (Å²) in [5.74, 6) is 0.674. The van der Waals surface area contributed by atoms with Crippen LogP contribution in [-0.2, 0) is 22.7 Å². The molecular weight excluding hydrogens is 298 g/mol. The van der Waals surface area contributed by atoms with E-state index in [4.69, 9.17) is 9.84 Å². The molecule has 1 amide bonds. The van der Waals surface area contributed by atoms with Gasteiger partial charge in [0.2, 0.25) is 5.91 Å². The van der Waals surface area contributed by atoms with Crippen LogP contribution in [0.1, 0.15) is 18.5 Å². The zero-order valence-electron chi connectivity index (χ0n) is 13.5. The van der Waals surface area contributed by atoms with Gasteiger partial charge in [-0.25, -0.2) is 0 Å². The number of nitrogens with zero attached hydrogens (tertiary/aromatic N) is 4. The number of fused-ring (bicyclic) bond motifs is 3. The summed E-state index contributed by atoms with van der Waals surface area (Å²) in [4.78, 5) is 14.7. The molecule has 8 nitrogen and oxygen atoms in total. The average molecular weight is 323 g/mol. The molecule has 1 aromatic heterocycles. The number of rotatable bonds is 7. The largest absolute Gasteiger partial charge is 0.390 e. The minimum atomic E-state index is -0.0826. The van der Waals surface area contributed by atoms with Gasteiger partial charge in [0.1, 0.15) is 5.69 Å². The maximum Gasteiger partial charge on any atom is 0.224 e. The summed E-state index contributed by atoms with van der Waals surface area (Å²) in [6.45, 7) is 3.66. The Labute approximate surface area is 135 Å². The summed E-state index contributed by atoms with van der Waals surface area (Å²) in [5, 5.41) is 20.0. The van der Waals surface area contributed by atoms with Crippen LogP contribution in [0.3, 0.4) is 0 Å². The lowest BCUT2D eigenvalue weighted by Crippen LogP contribution is -2.58. The van der Waals surface area contributed by atoms with E-state index < -0.39 is 0 Å². The molecule has 23 heavy (non-hydrogen) atoms. The second-order valence-corrected chi connectivity index (χ2v) is 6.41. The first-order valence-electron chi connectivity index (χ1n) is 8.21. The lowest BCUT2D eigenvalue weighted by molar-refractivity contribution is -0.133. The molecule has 0 aliphatic carbocycles. The van der Waals surface area contributed by atoms with Crippen LogP contribution < -0.4 is 5.32 Å². The van der Waals surface area contributed by atoms with Crippen LogP contribution in [0.15, 0.2) is 6.20 Å². The number of carbonyl (C=O) groups is 1. The summed E-state index contributed by atoms with van der Waals surface area (Å²) >= 11 is 0. The van der Waals surface area contributed by atoms with Gasteiger partial charge >= 0.3 is 0 Å². The molecule has 3 fully saturated rings. The zero-order chi connectivity index (χ0) is 16.2. The highest BCUT2D eigenvalue weighted by Gasteiger charge is 2.43. The molecule has 0 spiro atoms. The number of aliphatic hydroxyl groups excluding tert-OH is 1. The standard InChI is InChI=1S/C15H25N5O3/c1-23-5-3-16-15(22)14-9-19-4-2-11(14)6-13(19)8-20-7-12(10-21)17-18-20/h7,11,13-14,21H,2-6,8-10H2,1H3,(H,16,22). The van der Waals surface area contributed by atoms with Gasteiger partial charge in [0.05, 0.1) is 31.9 Å². The summed E-state index contributed by atoms with van der Waals surface area (Å²) < 4.78 is 6.77. The van der Waals surface area contributed by atoms with Crippen molar-refractivity contribution < 1.29 is 14.6 Å². The first-order chi connectivity index (χ1) is 11.2. The van der Waals surface area contributed by atoms with Crippen molar-refractivity contribution in [3.05, 3.63) is 11.9 Å². The lowest BCUT2D eigenvalue weighted by atomic mass is 9.75. The Morgan fingerprint density at radius 3 is 3.09 bits per heavy atom. The number of amides is 1. The summed E-state index contributed by atoms with van der Waals surface area (Å²) in [6, 6.07) is 0.394. The van der Waals surface area contributed by atoms with E-state index in [-0.39, 0.29) is 18.4 Å². The number of ether oxygens (including phenoxy) is 1. The third-order valence-corrected chi connectivity index (χ3v) is 4.97. The normalized spacial score (nSPS) is 29.7. The van der Waals surface area contributed by atoms with Crippen LogP contribution in [0.5, 0.6) is 0 Å². The molecule has 4 unspecified atom stereocenters. The van der Waals surface area contributed by atoms with Crippen molar-refractivity contribution in [2.24, 2.45) is 11.8 Å². The van der Waals surface area contributed by atoms with Crippen LogP contribution in [0, 0.1) is 11.8 Å². The first-order valence-corrected chi connectivity index (χ1v) is 8.21. The topological polar surface area (TPSA) is 92.5 Å². The minimum absolute atomic E-state index is 0.0826. The lowest BCUT2D eigenvalue weighted by Gasteiger charge is -2.49. The molecule has 3 saturated heterocycles. The summed E-state index contributed by atoms with van der Waals surface area (Å²) in [6.07, 6.45) is 3.88. The van der Waals surface area contributed by atoms with Crippen LogP contribution >= 0.6 is 0 Å². The molecule has 0 aromatic carbocycles. The maximum atomic E-state index is 12.3. The van der Waals surface area contributed by atoms with E-state index in [1.165, 1.54) is 0 Å². The van der Waals surface area contributed by atoms with Gasteiger partial charge in [-0.05, 0) is 25.3 Å². The molecule has 3 aliphatic heterocycles. The average Bonchev–Trinajstić information content (AvgIpc) is 3.03. The zero-order valence-corrected chi connectivity index (χ0v) is 13.5. The van der Waals surface area contributed by atoms with E-state index in [9.17, 15) is 4.79 Å². The number of carbonyl (C=O) groups excluding carboxylic acids is 1. The van der Waals surface area contributed by atoms with E-state index in [0.717, 1.165) is 32.5 Å². The Bertz CT molecular complexity index is 535. The van der Waals surface area contributed by atoms with Gasteiger partial charge in [-0.1, -0.05) is 5.21 Å². The van der Waals surface area contributed by atoms with Gasteiger partial charge in [0.15, 0.2) is 0 Å². The molecule has 128 valence electrons. The minimum Gasteiger partial charge on any atom is -0.390 e. The molecule has 8 heteroatoms. The van der Waals surface area contributed by atoms with Crippen LogP contribution in [0.25, 0.3) is 0 Å². The van der Waals surface area contributed by atoms with Crippen molar-refractivity contribution in [1.82, 2.24) is 25.2 Å². The molecule has 4 heterocycles. The molecule has 2 N–H and O–H groups in total. The van der Waals surface area contributed by atoms with Crippen molar-refractivity contribution >= 4 is 5.91 Å². The molecule has 4 rings (SSSR count). The highest BCUT2D eigenvalue weighted by molar-refractivity contribution is 5.79. The Hall–Kier alpha value is -1.51. The van der Waals surface area contributed by atoms with Crippen LogP contribution in [0.2, 0.25) is 0 Å². The van der Waals surface area contributed by atoms with E-state index in [2.05, 4.69) is 20.5 Å². The quantitative estimate of drug-likeness (QED) is 0.641. The van der Waals surface area contributed by atoms with Gasteiger partial charge in [-0.2, -0.15) is 0 Å². The maximum absolute atomic E-state index is 12.3. The van der Waals surface area contributed by atoms with E-state index in [0.29, 0.717) is 30.8 Å². The van der Waals surface area contributed by atoms with E-state index in [1.807, 2.05) is 0 Å². The van der Waals surface area contributed by atoms with Crippen molar-refractivity contribution in [3.63, 3.8) is 0 Å². The third kappa shape index (κ3) is 3.70. The number of methoxy groups -OCH3 is 1. The number of aromatic nitrogens is 3. The van der Waals surface area contributed by atoms with Crippen molar-refractivity contribution in [1.29, 1.82) is 0 Å². The number of nitrogens with one attached hydrogen (secondary N) is 1. The Balaban J connectivity index is 1.55. The van der Waals surface area contributed by atoms with E-state index in [1.54, 1.807) is 18.0 Å². The Morgan fingerprint density at radius 1 is 1.57 bits per heavy atom. The fourth-order valence-corrected chi connectivity index (χ4v) is 3.75.